The summed E-state index contributed by atoms with van der Waals surface area (Å²) in [5, 5.41) is 3.01. The van der Waals surface area contributed by atoms with Crippen molar-refractivity contribution >= 4 is 16.9 Å². The predicted molar refractivity (Wildman–Crippen MR) is 142 cm³/mol. The molecule has 0 spiro atoms. The van der Waals surface area contributed by atoms with E-state index in [9.17, 15) is 4.79 Å². The first kappa shape index (κ1) is 24.5. The van der Waals surface area contributed by atoms with Gasteiger partial charge in [-0.25, -0.2) is 4.98 Å². The third-order valence-corrected chi connectivity index (χ3v) is 6.26. The minimum Gasteiger partial charge on any atom is -0.492 e. The van der Waals surface area contributed by atoms with Gasteiger partial charge in [0.2, 0.25) is 0 Å². The Morgan fingerprint density at radius 1 is 0.914 bits per heavy atom. The second kappa shape index (κ2) is 12.2. The zero-order valence-electron chi connectivity index (χ0n) is 20.7. The first-order chi connectivity index (χ1) is 17.1. The zero-order chi connectivity index (χ0) is 24.5. The van der Waals surface area contributed by atoms with Crippen LogP contribution in [0.2, 0.25) is 0 Å². The SMILES string of the molecule is CC(C)c1ccc(OCCn2c(CCCCCNC(=O)c3ccccc3)nc3ccccc32)cc1. The summed E-state index contributed by atoms with van der Waals surface area (Å²) in [6, 6.07) is 26.0. The van der Waals surface area contributed by atoms with Crippen molar-refractivity contribution in [2.24, 2.45) is 0 Å². The van der Waals surface area contributed by atoms with Gasteiger partial charge in [0.1, 0.15) is 18.2 Å². The third-order valence-electron chi connectivity index (χ3n) is 6.26. The molecule has 1 N–H and O–H groups in total. The van der Waals surface area contributed by atoms with E-state index in [0.29, 0.717) is 24.6 Å². The average Bonchev–Trinajstić information content (AvgIpc) is 3.24. The number of imidazole rings is 1. The number of fused-ring (bicyclic) bond motifs is 1. The van der Waals surface area contributed by atoms with Gasteiger partial charge >= 0.3 is 0 Å². The molecule has 0 aliphatic rings. The Morgan fingerprint density at radius 2 is 1.66 bits per heavy atom. The molecule has 0 aliphatic heterocycles. The van der Waals surface area contributed by atoms with E-state index in [1.807, 2.05) is 36.4 Å². The number of nitrogens with one attached hydrogen (secondary N) is 1. The summed E-state index contributed by atoms with van der Waals surface area (Å²) < 4.78 is 8.33. The fourth-order valence-corrected chi connectivity index (χ4v) is 4.25. The maximum atomic E-state index is 12.2. The molecule has 5 heteroatoms. The molecule has 1 heterocycles. The lowest BCUT2D eigenvalue weighted by atomic mass is 10.0. The first-order valence-electron chi connectivity index (χ1n) is 12.6. The number of benzene rings is 3. The summed E-state index contributed by atoms with van der Waals surface area (Å²) in [4.78, 5) is 17.0. The molecule has 182 valence electrons. The maximum Gasteiger partial charge on any atom is 0.251 e. The Labute approximate surface area is 208 Å². The molecule has 4 rings (SSSR count). The number of hydrogen-bond donors (Lipinski definition) is 1. The van der Waals surface area contributed by atoms with E-state index in [2.05, 4.69) is 66.2 Å². The van der Waals surface area contributed by atoms with Crippen LogP contribution in [0.25, 0.3) is 11.0 Å². The summed E-state index contributed by atoms with van der Waals surface area (Å²) in [5.74, 6) is 2.51. The minimum atomic E-state index is -0.00811. The molecular formula is C30H35N3O2. The Balaban J connectivity index is 1.27. The van der Waals surface area contributed by atoms with E-state index in [-0.39, 0.29) is 5.91 Å². The van der Waals surface area contributed by atoms with Crippen molar-refractivity contribution in [2.45, 2.75) is 52.0 Å². The summed E-state index contributed by atoms with van der Waals surface area (Å²) in [7, 11) is 0. The quantitative estimate of drug-likeness (QED) is 0.245. The van der Waals surface area contributed by atoms with Gasteiger partial charge in [0.15, 0.2) is 0 Å². The van der Waals surface area contributed by atoms with Gasteiger partial charge in [0, 0.05) is 18.5 Å². The zero-order valence-corrected chi connectivity index (χ0v) is 20.7. The summed E-state index contributed by atoms with van der Waals surface area (Å²) in [6.07, 6.45) is 3.93. The van der Waals surface area contributed by atoms with Crippen LogP contribution in [0.5, 0.6) is 5.75 Å². The number of aryl methyl sites for hydroxylation is 1. The van der Waals surface area contributed by atoms with E-state index in [1.165, 1.54) is 5.56 Å². The highest BCUT2D eigenvalue weighted by Crippen LogP contribution is 2.20. The predicted octanol–water partition coefficient (Wildman–Crippen LogP) is 6.38. The van der Waals surface area contributed by atoms with E-state index in [4.69, 9.17) is 9.72 Å². The smallest absolute Gasteiger partial charge is 0.251 e. The van der Waals surface area contributed by atoms with E-state index in [1.54, 1.807) is 0 Å². The average molecular weight is 470 g/mol. The largest absolute Gasteiger partial charge is 0.492 e. The fraction of sp³-hybridized carbons (Fsp3) is 0.333. The van der Waals surface area contributed by atoms with Crippen molar-refractivity contribution in [1.29, 1.82) is 0 Å². The van der Waals surface area contributed by atoms with Crippen molar-refractivity contribution in [3.05, 3.63) is 95.8 Å². The first-order valence-corrected chi connectivity index (χ1v) is 12.6. The van der Waals surface area contributed by atoms with Crippen LogP contribution in [0, 0.1) is 0 Å². The Bertz CT molecular complexity index is 1210. The van der Waals surface area contributed by atoms with E-state index < -0.39 is 0 Å². The number of amides is 1. The third kappa shape index (κ3) is 6.72. The van der Waals surface area contributed by atoms with Crippen LogP contribution in [0.15, 0.2) is 78.9 Å². The van der Waals surface area contributed by atoms with Gasteiger partial charge in [-0.15, -0.1) is 0 Å². The molecule has 1 aromatic heterocycles. The van der Waals surface area contributed by atoms with Crippen LogP contribution in [0.1, 0.15) is 60.8 Å². The van der Waals surface area contributed by atoms with E-state index >= 15 is 0 Å². The summed E-state index contributed by atoms with van der Waals surface area (Å²) >= 11 is 0. The lowest BCUT2D eigenvalue weighted by molar-refractivity contribution is 0.0953. The highest BCUT2D eigenvalue weighted by Gasteiger charge is 2.11. The Hall–Kier alpha value is -3.60. The molecule has 0 saturated heterocycles. The van der Waals surface area contributed by atoms with Gasteiger partial charge in [0.05, 0.1) is 17.6 Å². The molecule has 4 aromatic rings. The molecule has 0 saturated carbocycles. The molecule has 0 bridgehead atoms. The fourth-order valence-electron chi connectivity index (χ4n) is 4.25. The van der Waals surface area contributed by atoms with Crippen LogP contribution in [0.4, 0.5) is 0 Å². The number of para-hydroxylation sites is 2. The minimum absolute atomic E-state index is 0.00811. The van der Waals surface area contributed by atoms with Crippen molar-refractivity contribution < 1.29 is 9.53 Å². The van der Waals surface area contributed by atoms with Gasteiger partial charge in [-0.1, -0.05) is 62.7 Å². The summed E-state index contributed by atoms with van der Waals surface area (Å²) in [5.41, 5.74) is 4.20. The molecule has 5 nitrogen and oxygen atoms in total. The molecule has 0 radical (unpaired) electrons. The number of unbranched alkanes of at least 4 members (excludes halogenated alkanes) is 2. The number of aromatic nitrogens is 2. The van der Waals surface area contributed by atoms with Crippen molar-refractivity contribution in [2.75, 3.05) is 13.2 Å². The van der Waals surface area contributed by atoms with Gasteiger partial charge in [-0.05, 0) is 60.7 Å². The molecule has 0 aliphatic carbocycles. The number of hydrogen-bond acceptors (Lipinski definition) is 3. The molecule has 35 heavy (non-hydrogen) atoms. The van der Waals surface area contributed by atoms with Crippen LogP contribution in [0.3, 0.4) is 0 Å². The monoisotopic (exact) mass is 469 g/mol. The molecule has 0 fully saturated rings. The molecular weight excluding hydrogens is 434 g/mol. The summed E-state index contributed by atoms with van der Waals surface area (Å²) in [6.45, 7) is 6.44. The van der Waals surface area contributed by atoms with Crippen molar-refractivity contribution in [3.8, 4) is 5.75 Å². The van der Waals surface area contributed by atoms with Crippen molar-refractivity contribution in [1.82, 2.24) is 14.9 Å². The van der Waals surface area contributed by atoms with Gasteiger partial charge in [-0.2, -0.15) is 0 Å². The topological polar surface area (TPSA) is 56.1 Å². The Kier molecular flexibility index (Phi) is 8.55. The standard InChI is InChI=1S/C30H35N3O2/c1-23(2)24-16-18-26(19-17-24)35-22-21-33-28-14-9-8-13-27(28)32-29(33)15-7-4-10-20-31-30(34)25-11-5-3-6-12-25/h3,5-6,8-9,11-14,16-19,23H,4,7,10,15,20-22H2,1-2H3,(H,31,34). The van der Waals surface area contributed by atoms with Crippen LogP contribution in [-0.2, 0) is 13.0 Å². The molecule has 0 unspecified atom stereocenters. The van der Waals surface area contributed by atoms with Gasteiger partial charge < -0.3 is 14.6 Å². The lowest BCUT2D eigenvalue weighted by Gasteiger charge is -2.12. The van der Waals surface area contributed by atoms with Crippen LogP contribution >= 0.6 is 0 Å². The Morgan fingerprint density at radius 3 is 2.43 bits per heavy atom. The number of ether oxygens (including phenoxy) is 1. The maximum absolute atomic E-state index is 12.2. The number of carbonyl (C=O) groups is 1. The lowest BCUT2D eigenvalue weighted by Crippen LogP contribution is -2.24. The number of nitrogens with zero attached hydrogens (tertiary/aromatic N) is 2. The van der Waals surface area contributed by atoms with Gasteiger partial charge in [-0.3, -0.25) is 4.79 Å². The second-order valence-electron chi connectivity index (χ2n) is 9.17. The van der Waals surface area contributed by atoms with Crippen LogP contribution < -0.4 is 10.1 Å². The molecule has 1 amide bonds. The van der Waals surface area contributed by atoms with Crippen LogP contribution in [-0.4, -0.2) is 28.6 Å². The van der Waals surface area contributed by atoms with Gasteiger partial charge in [0.25, 0.3) is 5.91 Å². The normalized spacial score (nSPS) is 11.2. The molecule has 0 atom stereocenters. The highest BCUT2D eigenvalue weighted by atomic mass is 16.5. The second-order valence-corrected chi connectivity index (χ2v) is 9.17. The number of carbonyl (C=O) groups excluding carboxylic acids is 1. The number of rotatable bonds is 12. The van der Waals surface area contributed by atoms with Crippen molar-refractivity contribution in [3.63, 3.8) is 0 Å². The highest BCUT2D eigenvalue weighted by molar-refractivity contribution is 5.94. The molecule has 3 aromatic carbocycles. The van der Waals surface area contributed by atoms with E-state index in [0.717, 1.165) is 54.8 Å².